The Hall–Kier alpha value is -2.71. The maximum atomic E-state index is 12.5. The van der Waals surface area contributed by atoms with Crippen LogP contribution in [0.5, 0.6) is 0 Å². The minimum atomic E-state index is -3.48. The van der Waals surface area contributed by atoms with Crippen molar-refractivity contribution < 1.29 is 22.7 Å². The third kappa shape index (κ3) is 5.88. The molecule has 1 N–H and O–H groups in total. The van der Waals surface area contributed by atoms with Gasteiger partial charge in [-0.2, -0.15) is 4.31 Å². The summed E-state index contributed by atoms with van der Waals surface area (Å²) >= 11 is 0. The molecule has 1 amide bonds. The Morgan fingerprint density at radius 3 is 2.07 bits per heavy atom. The highest BCUT2D eigenvalue weighted by molar-refractivity contribution is 7.89. The van der Waals surface area contributed by atoms with Gasteiger partial charge in [-0.05, 0) is 48.4 Å². The fraction of sp³-hybridized carbons (Fsp3) is 0.333. The van der Waals surface area contributed by atoms with Crippen LogP contribution >= 0.6 is 0 Å². The molecule has 0 aliphatic heterocycles. The summed E-state index contributed by atoms with van der Waals surface area (Å²) in [5, 5.41) is 2.77. The molecule has 7 nitrogen and oxygen atoms in total. The van der Waals surface area contributed by atoms with Crippen LogP contribution in [-0.4, -0.2) is 44.8 Å². The van der Waals surface area contributed by atoms with Gasteiger partial charge in [0.15, 0.2) is 0 Å². The molecule has 2 aromatic carbocycles. The molecule has 0 bridgehead atoms. The quantitative estimate of drug-likeness (QED) is 0.632. The summed E-state index contributed by atoms with van der Waals surface area (Å²) in [5.74, 6) is -0.606. The fourth-order valence-electron chi connectivity index (χ4n) is 2.83. The maximum Gasteiger partial charge on any atom is 0.337 e. The van der Waals surface area contributed by atoms with Gasteiger partial charge in [0.1, 0.15) is 0 Å². The standard InChI is InChI=1S/C21H26N2O5S/c1-4-23(5-2)29(26,27)19-13-6-16(7-14-19)8-15-20(24)22-18-11-9-17(10-12-18)21(25)28-3/h6-7,9-14H,4-5,8,15H2,1-3H3,(H,22,24). The first-order valence-corrected chi connectivity index (χ1v) is 10.8. The minimum absolute atomic E-state index is 0.171. The molecule has 0 fully saturated rings. The van der Waals surface area contributed by atoms with E-state index in [-0.39, 0.29) is 17.2 Å². The van der Waals surface area contributed by atoms with Gasteiger partial charge in [0.2, 0.25) is 15.9 Å². The number of sulfonamides is 1. The van der Waals surface area contributed by atoms with Crippen molar-refractivity contribution in [3.8, 4) is 0 Å². The predicted molar refractivity (Wildman–Crippen MR) is 111 cm³/mol. The van der Waals surface area contributed by atoms with E-state index in [1.807, 2.05) is 0 Å². The molecule has 0 saturated heterocycles. The van der Waals surface area contributed by atoms with Crippen LogP contribution in [0.1, 0.15) is 36.2 Å². The molecule has 156 valence electrons. The van der Waals surface area contributed by atoms with Crippen LogP contribution in [0, 0.1) is 0 Å². The zero-order chi connectivity index (χ0) is 21.4. The van der Waals surface area contributed by atoms with Crippen molar-refractivity contribution in [3.05, 3.63) is 59.7 Å². The normalized spacial score (nSPS) is 11.3. The van der Waals surface area contributed by atoms with Crippen molar-refractivity contribution in [2.24, 2.45) is 0 Å². The maximum absolute atomic E-state index is 12.5. The third-order valence-corrected chi connectivity index (χ3v) is 6.56. The van der Waals surface area contributed by atoms with E-state index in [0.717, 1.165) is 5.56 Å². The van der Waals surface area contributed by atoms with E-state index >= 15 is 0 Å². The van der Waals surface area contributed by atoms with Crippen LogP contribution in [0.4, 0.5) is 5.69 Å². The minimum Gasteiger partial charge on any atom is -0.465 e. The van der Waals surface area contributed by atoms with Crippen molar-refractivity contribution in [2.45, 2.75) is 31.6 Å². The number of nitrogens with one attached hydrogen (secondary N) is 1. The van der Waals surface area contributed by atoms with Gasteiger partial charge >= 0.3 is 5.97 Å². The average Bonchev–Trinajstić information content (AvgIpc) is 2.73. The lowest BCUT2D eigenvalue weighted by molar-refractivity contribution is -0.116. The molecule has 0 spiro atoms. The number of esters is 1. The number of rotatable bonds is 9. The number of carbonyl (C=O) groups is 2. The fourth-order valence-corrected chi connectivity index (χ4v) is 4.29. The lowest BCUT2D eigenvalue weighted by atomic mass is 10.1. The highest BCUT2D eigenvalue weighted by Gasteiger charge is 2.21. The van der Waals surface area contributed by atoms with Gasteiger partial charge in [-0.3, -0.25) is 4.79 Å². The van der Waals surface area contributed by atoms with Crippen molar-refractivity contribution >= 4 is 27.6 Å². The van der Waals surface area contributed by atoms with Gasteiger partial charge < -0.3 is 10.1 Å². The lowest BCUT2D eigenvalue weighted by Crippen LogP contribution is -2.30. The van der Waals surface area contributed by atoms with Crippen LogP contribution in [-0.2, 0) is 26.0 Å². The predicted octanol–water partition coefficient (Wildman–Crippen LogP) is 3.08. The SMILES string of the molecule is CCN(CC)S(=O)(=O)c1ccc(CCC(=O)Nc2ccc(C(=O)OC)cc2)cc1. The number of methoxy groups -OCH3 is 1. The Kier molecular flexibility index (Phi) is 7.92. The Bertz CT molecular complexity index is 934. The second kappa shape index (κ2) is 10.2. The van der Waals surface area contributed by atoms with E-state index in [0.29, 0.717) is 30.8 Å². The summed E-state index contributed by atoms with van der Waals surface area (Å²) in [6, 6.07) is 13.0. The number of carbonyl (C=O) groups excluding carboxylic acids is 2. The van der Waals surface area contributed by atoms with E-state index < -0.39 is 16.0 Å². The van der Waals surface area contributed by atoms with Gasteiger partial charge in [-0.15, -0.1) is 0 Å². The molecule has 2 aromatic rings. The molecule has 0 aliphatic carbocycles. The molecule has 8 heteroatoms. The Balaban J connectivity index is 1.93. The molecule has 29 heavy (non-hydrogen) atoms. The van der Waals surface area contributed by atoms with Gasteiger partial charge in [0.25, 0.3) is 0 Å². The van der Waals surface area contributed by atoms with Crippen LogP contribution in [0.25, 0.3) is 0 Å². The molecular weight excluding hydrogens is 392 g/mol. The molecule has 0 radical (unpaired) electrons. The average molecular weight is 419 g/mol. The molecule has 0 atom stereocenters. The molecule has 2 rings (SSSR count). The second-order valence-electron chi connectivity index (χ2n) is 6.35. The first-order valence-electron chi connectivity index (χ1n) is 9.39. The van der Waals surface area contributed by atoms with Gasteiger partial charge in [-0.25, -0.2) is 13.2 Å². The molecule has 0 saturated carbocycles. The Labute approximate surface area is 171 Å². The summed E-state index contributed by atoms with van der Waals surface area (Å²) in [7, 11) is -2.17. The zero-order valence-electron chi connectivity index (χ0n) is 16.8. The smallest absolute Gasteiger partial charge is 0.337 e. The molecule has 0 aliphatic rings. The lowest BCUT2D eigenvalue weighted by Gasteiger charge is -2.18. The molecule has 0 heterocycles. The molecular formula is C21H26N2O5S. The number of hydrogen-bond acceptors (Lipinski definition) is 5. The zero-order valence-corrected chi connectivity index (χ0v) is 17.7. The number of benzene rings is 2. The van der Waals surface area contributed by atoms with Gasteiger partial charge in [0.05, 0.1) is 17.6 Å². The number of amides is 1. The second-order valence-corrected chi connectivity index (χ2v) is 8.29. The topological polar surface area (TPSA) is 92.8 Å². The summed E-state index contributed by atoms with van der Waals surface area (Å²) in [6.07, 6.45) is 0.735. The van der Waals surface area contributed by atoms with Crippen LogP contribution in [0.15, 0.2) is 53.4 Å². The van der Waals surface area contributed by atoms with Crippen molar-refractivity contribution in [1.29, 1.82) is 0 Å². The van der Waals surface area contributed by atoms with E-state index in [4.69, 9.17) is 0 Å². The van der Waals surface area contributed by atoms with Gasteiger partial charge in [-0.1, -0.05) is 26.0 Å². The third-order valence-electron chi connectivity index (χ3n) is 4.50. The van der Waals surface area contributed by atoms with E-state index in [1.54, 1.807) is 62.4 Å². The summed E-state index contributed by atoms with van der Waals surface area (Å²) in [4.78, 5) is 23.8. The van der Waals surface area contributed by atoms with E-state index in [1.165, 1.54) is 11.4 Å². The number of hydrogen-bond donors (Lipinski definition) is 1. The molecule has 0 aromatic heterocycles. The number of aryl methyl sites for hydroxylation is 1. The monoisotopic (exact) mass is 418 g/mol. The van der Waals surface area contributed by atoms with Crippen molar-refractivity contribution in [3.63, 3.8) is 0 Å². The van der Waals surface area contributed by atoms with Crippen LogP contribution in [0.3, 0.4) is 0 Å². The van der Waals surface area contributed by atoms with Crippen molar-refractivity contribution in [1.82, 2.24) is 4.31 Å². The van der Waals surface area contributed by atoms with Gasteiger partial charge in [0, 0.05) is 25.2 Å². The Morgan fingerprint density at radius 1 is 0.966 bits per heavy atom. The number of nitrogens with zero attached hydrogens (tertiary/aromatic N) is 1. The summed E-state index contributed by atoms with van der Waals surface area (Å²) in [5.41, 5.74) is 1.87. The van der Waals surface area contributed by atoms with Crippen LogP contribution in [0.2, 0.25) is 0 Å². The summed E-state index contributed by atoms with van der Waals surface area (Å²) in [6.45, 7) is 4.44. The molecule has 0 unspecified atom stereocenters. The number of anilines is 1. The van der Waals surface area contributed by atoms with E-state index in [9.17, 15) is 18.0 Å². The van der Waals surface area contributed by atoms with Crippen LogP contribution < -0.4 is 5.32 Å². The highest BCUT2D eigenvalue weighted by atomic mass is 32.2. The first kappa shape index (κ1) is 22.6. The van der Waals surface area contributed by atoms with E-state index in [2.05, 4.69) is 10.1 Å². The largest absolute Gasteiger partial charge is 0.465 e. The summed E-state index contributed by atoms with van der Waals surface area (Å²) < 4.78 is 31.0. The first-order chi connectivity index (χ1) is 13.8. The highest BCUT2D eigenvalue weighted by Crippen LogP contribution is 2.17. The number of ether oxygens (including phenoxy) is 1. The van der Waals surface area contributed by atoms with Crippen molar-refractivity contribution in [2.75, 3.05) is 25.5 Å². The Morgan fingerprint density at radius 2 is 1.55 bits per heavy atom.